The van der Waals surface area contributed by atoms with Crippen LogP contribution in [0.5, 0.6) is 0 Å². The summed E-state index contributed by atoms with van der Waals surface area (Å²) in [6.45, 7) is 4.28. The lowest BCUT2D eigenvalue weighted by Gasteiger charge is -2.22. The average Bonchev–Trinajstić information content (AvgIpc) is 3.41. The molecule has 1 saturated carbocycles. The predicted octanol–water partition coefficient (Wildman–Crippen LogP) is 1.32. The van der Waals surface area contributed by atoms with Crippen molar-refractivity contribution in [1.82, 2.24) is 25.7 Å². The van der Waals surface area contributed by atoms with Gasteiger partial charge in [-0.15, -0.1) is 0 Å². The number of carbonyl (C=O) groups is 3. The molecule has 1 fully saturated rings. The summed E-state index contributed by atoms with van der Waals surface area (Å²) in [5.41, 5.74) is 8.15. The minimum atomic E-state index is -0.554. The van der Waals surface area contributed by atoms with E-state index in [0.29, 0.717) is 32.2 Å². The number of hydrogen-bond acceptors (Lipinski definition) is 5. The monoisotopic (exact) mass is 434 g/mol. The molecule has 1 aliphatic heterocycles. The molecule has 2 aliphatic rings. The van der Waals surface area contributed by atoms with Gasteiger partial charge in [0.05, 0.1) is 24.1 Å². The van der Waals surface area contributed by atoms with Gasteiger partial charge in [-0.25, -0.2) is 4.79 Å². The highest BCUT2D eigenvalue weighted by molar-refractivity contribution is 6.00. The Hall–Kier alpha value is -3.88. The lowest BCUT2D eigenvalue weighted by Crippen LogP contribution is -2.48. The number of urea groups is 1. The number of aromatic nitrogens is 2. The summed E-state index contributed by atoms with van der Waals surface area (Å²) >= 11 is 0. The highest BCUT2D eigenvalue weighted by Crippen LogP contribution is 2.28. The Morgan fingerprint density at radius 3 is 2.75 bits per heavy atom. The van der Waals surface area contributed by atoms with Gasteiger partial charge in [-0.1, -0.05) is 36.9 Å². The van der Waals surface area contributed by atoms with Crippen molar-refractivity contribution in [3.8, 4) is 0 Å². The van der Waals surface area contributed by atoms with Crippen molar-refractivity contribution in [3.05, 3.63) is 77.5 Å². The van der Waals surface area contributed by atoms with Crippen LogP contribution in [0.25, 0.3) is 0 Å². The fourth-order valence-electron chi connectivity index (χ4n) is 4.11. The van der Waals surface area contributed by atoms with E-state index in [2.05, 4.69) is 27.6 Å². The number of nitrogens with one attached hydrogen (secondary N) is 3. The van der Waals surface area contributed by atoms with E-state index >= 15 is 0 Å². The van der Waals surface area contributed by atoms with Gasteiger partial charge in [-0.05, 0) is 30.4 Å². The Bertz CT molecular complexity index is 1090. The summed E-state index contributed by atoms with van der Waals surface area (Å²) in [6, 6.07) is 9.30. The van der Waals surface area contributed by atoms with Crippen LogP contribution in [0.1, 0.15) is 30.4 Å². The molecule has 9 heteroatoms. The molecule has 3 amide bonds. The lowest BCUT2D eigenvalue weighted by molar-refractivity contribution is -0.122. The largest absolute Gasteiger partial charge is 0.395 e. The van der Waals surface area contributed by atoms with Crippen LogP contribution in [0.3, 0.4) is 0 Å². The summed E-state index contributed by atoms with van der Waals surface area (Å²) in [4.78, 5) is 36.9. The first-order valence-electron chi connectivity index (χ1n) is 10.5. The van der Waals surface area contributed by atoms with E-state index in [0.717, 1.165) is 11.1 Å². The molecule has 1 aromatic carbocycles. The summed E-state index contributed by atoms with van der Waals surface area (Å²) in [5.74, 6) is -0.455. The van der Waals surface area contributed by atoms with Gasteiger partial charge in [-0.2, -0.15) is 5.10 Å². The Morgan fingerprint density at radius 1 is 1.19 bits per heavy atom. The Balaban J connectivity index is 1.29. The minimum Gasteiger partial charge on any atom is -0.395 e. The maximum atomic E-state index is 12.8. The lowest BCUT2D eigenvalue weighted by atomic mass is 9.97. The Morgan fingerprint density at radius 2 is 1.97 bits per heavy atom. The van der Waals surface area contributed by atoms with Crippen LogP contribution in [-0.2, 0) is 22.6 Å². The highest BCUT2D eigenvalue weighted by Gasteiger charge is 2.32. The van der Waals surface area contributed by atoms with E-state index in [9.17, 15) is 14.4 Å². The van der Waals surface area contributed by atoms with Gasteiger partial charge in [0, 0.05) is 24.6 Å². The molecule has 4 rings (SSSR count). The molecule has 2 heterocycles. The number of nitrogens with two attached hydrogens (primary N) is 1. The van der Waals surface area contributed by atoms with E-state index in [1.807, 2.05) is 41.2 Å². The predicted molar refractivity (Wildman–Crippen MR) is 118 cm³/mol. The van der Waals surface area contributed by atoms with E-state index in [4.69, 9.17) is 5.73 Å². The maximum Gasteiger partial charge on any atom is 0.323 e. The number of ketones is 1. The molecule has 166 valence electrons. The zero-order valence-electron chi connectivity index (χ0n) is 17.6. The molecule has 32 heavy (non-hydrogen) atoms. The van der Waals surface area contributed by atoms with Crippen LogP contribution >= 0.6 is 0 Å². The van der Waals surface area contributed by atoms with Gasteiger partial charge in [0.1, 0.15) is 11.5 Å². The van der Waals surface area contributed by atoms with Crippen LogP contribution in [0.15, 0.2) is 66.4 Å². The summed E-state index contributed by atoms with van der Waals surface area (Å²) in [6.07, 6.45) is 5.91. The van der Waals surface area contributed by atoms with Crippen molar-refractivity contribution < 1.29 is 14.4 Å². The van der Waals surface area contributed by atoms with Crippen molar-refractivity contribution >= 4 is 17.7 Å². The average molecular weight is 435 g/mol. The zero-order chi connectivity index (χ0) is 22.7. The van der Waals surface area contributed by atoms with Gasteiger partial charge in [0.15, 0.2) is 0 Å². The second-order valence-corrected chi connectivity index (χ2v) is 8.20. The fourth-order valence-corrected chi connectivity index (χ4v) is 4.11. The first-order valence-corrected chi connectivity index (χ1v) is 10.5. The third-order valence-electron chi connectivity index (χ3n) is 5.80. The highest BCUT2D eigenvalue weighted by atomic mass is 16.2. The molecule has 0 unspecified atom stereocenters. The first kappa shape index (κ1) is 21.4. The van der Waals surface area contributed by atoms with Crippen molar-refractivity contribution in [2.75, 3.05) is 0 Å². The molecule has 0 spiro atoms. The Kier molecular flexibility index (Phi) is 6.07. The smallest absolute Gasteiger partial charge is 0.323 e. The van der Waals surface area contributed by atoms with Gasteiger partial charge >= 0.3 is 6.03 Å². The molecule has 2 aromatic rings. The van der Waals surface area contributed by atoms with Crippen molar-refractivity contribution in [3.63, 3.8) is 0 Å². The van der Waals surface area contributed by atoms with Gasteiger partial charge in [-0.3, -0.25) is 14.3 Å². The number of benzene rings is 1. The second kappa shape index (κ2) is 9.09. The first-order chi connectivity index (χ1) is 15.4. The van der Waals surface area contributed by atoms with Crippen LogP contribution in [-0.4, -0.2) is 33.5 Å². The number of nitrogens with zero attached hydrogens (tertiary/aromatic N) is 2. The number of rotatable bonds is 7. The molecular formula is C23H26N6O3. The van der Waals surface area contributed by atoms with Crippen LogP contribution in [0, 0.1) is 5.92 Å². The van der Waals surface area contributed by atoms with Gasteiger partial charge in [0.2, 0.25) is 0 Å². The van der Waals surface area contributed by atoms with Crippen molar-refractivity contribution in [2.45, 2.75) is 38.3 Å². The van der Waals surface area contributed by atoms with E-state index < -0.39 is 11.9 Å². The molecule has 0 radical (unpaired) electrons. The molecule has 0 saturated heterocycles. The number of amides is 3. The number of carbonyl (C=O) groups excluding carboxylic acids is 3. The molecule has 0 bridgehead atoms. The SMILES string of the molecule is C=C1NC(=O)NC(C(=O)N[C@@H]2CC[C@@H](C(=O)Cc3cnn(Cc4ccccc4)c3)C2)=C1N. The summed E-state index contributed by atoms with van der Waals surface area (Å²) < 4.78 is 1.83. The van der Waals surface area contributed by atoms with Crippen LogP contribution in [0.4, 0.5) is 4.79 Å². The van der Waals surface area contributed by atoms with Crippen LogP contribution < -0.4 is 21.7 Å². The van der Waals surface area contributed by atoms with Gasteiger partial charge in [0.25, 0.3) is 5.91 Å². The summed E-state index contributed by atoms with van der Waals surface area (Å²) in [7, 11) is 0. The Labute approximate surface area is 185 Å². The number of hydrogen-bond donors (Lipinski definition) is 4. The topological polar surface area (TPSA) is 131 Å². The van der Waals surface area contributed by atoms with Gasteiger partial charge < -0.3 is 21.7 Å². The quantitative estimate of drug-likeness (QED) is 0.522. The number of Topliss-reactive ketones (excluding diaryl/α,β-unsaturated/α-hetero) is 1. The maximum absolute atomic E-state index is 12.8. The summed E-state index contributed by atoms with van der Waals surface area (Å²) in [5, 5.41) is 12.1. The van der Waals surface area contributed by atoms with Crippen molar-refractivity contribution in [2.24, 2.45) is 11.7 Å². The molecule has 2 atom stereocenters. The van der Waals surface area contributed by atoms with E-state index in [-0.39, 0.29) is 34.8 Å². The van der Waals surface area contributed by atoms with Crippen molar-refractivity contribution in [1.29, 1.82) is 0 Å². The standard InChI is InChI=1S/C23H26N6O3/c1-14-20(24)21(28-23(32)26-14)22(31)27-18-8-7-17(10-18)19(30)9-16-11-25-29(13-16)12-15-5-3-2-4-6-15/h2-6,11,13,17-18H,1,7-10,12,24H2,(H,27,31)(H2,26,28,32)/t17-,18-/m1/s1. The second-order valence-electron chi connectivity index (χ2n) is 8.20. The van der Waals surface area contributed by atoms with Crippen LogP contribution in [0.2, 0.25) is 0 Å². The third-order valence-corrected chi connectivity index (χ3v) is 5.80. The molecule has 1 aromatic heterocycles. The third kappa shape index (κ3) is 4.88. The minimum absolute atomic E-state index is 0.0145. The zero-order valence-corrected chi connectivity index (χ0v) is 17.6. The van der Waals surface area contributed by atoms with E-state index in [1.165, 1.54) is 0 Å². The molecular weight excluding hydrogens is 408 g/mol. The molecule has 9 nitrogen and oxygen atoms in total. The molecule has 1 aliphatic carbocycles. The van der Waals surface area contributed by atoms with E-state index in [1.54, 1.807) is 6.20 Å². The fraction of sp³-hybridized carbons (Fsp3) is 0.304. The normalized spacial score (nSPS) is 20.6. The molecule has 5 N–H and O–H groups in total.